The van der Waals surface area contributed by atoms with Gasteiger partial charge in [0.15, 0.2) is 5.78 Å². The van der Waals surface area contributed by atoms with Gasteiger partial charge < -0.3 is 4.90 Å². The van der Waals surface area contributed by atoms with Gasteiger partial charge in [-0.2, -0.15) is 0 Å². The van der Waals surface area contributed by atoms with Crippen LogP contribution in [0, 0.1) is 11.8 Å². The quantitative estimate of drug-likeness (QED) is 0.768. The van der Waals surface area contributed by atoms with Crippen LogP contribution in [-0.2, 0) is 4.79 Å². The van der Waals surface area contributed by atoms with E-state index in [2.05, 4.69) is 30.8 Å². The highest BCUT2D eigenvalue weighted by atomic mass is 16.1. The monoisotopic (exact) mass is 252 g/mol. The van der Waals surface area contributed by atoms with E-state index in [0.717, 1.165) is 38.4 Å². The summed E-state index contributed by atoms with van der Waals surface area (Å²) < 4.78 is 0. The first-order valence-electron chi connectivity index (χ1n) is 7.54. The van der Waals surface area contributed by atoms with Gasteiger partial charge in [-0.3, -0.25) is 9.69 Å². The van der Waals surface area contributed by atoms with E-state index in [9.17, 15) is 4.79 Å². The van der Waals surface area contributed by atoms with Crippen LogP contribution in [0.5, 0.6) is 0 Å². The van der Waals surface area contributed by atoms with E-state index in [0.29, 0.717) is 11.7 Å². The van der Waals surface area contributed by atoms with Gasteiger partial charge in [-0.1, -0.05) is 26.2 Å². The summed E-state index contributed by atoms with van der Waals surface area (Å²) >= 11 is 0. The second-order valence-electron chi connectivity index (χ2n) is 6.30. The second-order valence-corrected chi connectivity index (χ2v) is 6.30. The third-order valence-corrected chi connectivity index (χ3v) is 4.94. The number of carbonyl (C=O) groups excluding carboxylic acids is 1. The summed E-state index contributed by atoms with van der Waals surface area (Å²) in [7, 11) is 4.23. The maximum Gasteiger partial charge on any atom is 0.154 e. The molecule has 18 heavy (non-hydrogen) atoms. The Balaban J connectivity index is 1.96. The molecule has 1 saturated carbocycles. The molecule has 0 bridgehead atoms. The van der Waals surface area contributed by atoms with Crippen LogP contribution in [0.2, 0.25) is 0 Å². The van der Waals surface area contributed by atoms with Crippen LogP contribution in [0.4, 0.5) is 0 Å². The summed E-state index contributed by atoms with van der Waals surface area (Å²) in [5.74, 6) is 1.64. The Morgan fingerprint density at radius 3 is 2.72 bits per heavy atom. The Labute approximate surface area is 112 Å². The standard InChI is InChI=1S/C15H28N2O/c1-4-12-6-5-7-13(10-12)15(18)14-11-16(2)8-9-17(14)3/h12-14H,4-11H2,1-3H3. The van der Waals surface area contributed by atoms with Gasteiger partial charge in [0, 0.05) is 25.6 Å². The van der Waals surface area contributed by atoms with E-state index in [1.807, 2.05) is 0 Å². The van der Waals surface area contributed by atoms with Gasteiger partial charge in [-0.15, -0.1) is 0 Å². The summed E-state index contributed by atoms with van der Waals surface area (Å²) in [6.07, 6.45) is 6.10. The van der Waals surface area contributed by atoms with Crippen molar-refractivity contribution in [2.75, 3.05) is 33.7 Å². The van der Waals surface area contributed by atoms with Crippen LogP contribution >= 0.6 is 0 Å². The fraction of sp³-hybridized carbons (Fsp3) is 0.933. The molecule has 1 heterocycles. The van der Waals surface area contributed by atoms with E-state index >= 15 is 0 Å². The molecule has 1 saturated heterocycles. The van der Waals surface area contributed by atoms with Crippen molar-refractivity contribution in [3.8, 4) is 0 Å². The lowest BCUT2D eigenvalue weighted by Gasteiger charge is -2.39. The first kappa shape index (κ1) is 14.0. The number of hydrogen-bond acceptors (Lipinski definition) is 3. The Morgan fingerprint density at radius 1 is 1.22 bits per heavy atom. The molecule has 0 aromatic rings. The third-order valence-electron chi connectivity index (χ3n) is 4.94. The molecule has 2 aliphatic rings. The van der Waals surface area contributed by atoms with Crippen molar-refractivity contribution in [3.63, 3.8) is 0 Å². The number of hydrogen-bond donors (Lipinski definition) is 0. The Kier molecular flexibility index (Phi) is 4.79. The van der Waals surface area contributed by atoms with Crippen molar-refractivity contribution >= 4 is 5.78 Å². The number of carbonyl (C=O) groups is 1. The second kappa shape index (κ2) is 6.16. The molecule has 0 aromatic carbocycles. The van der Waals surface area contributed by atoms with Crippen molar-refractivity contribution in [2.45, 2.75) is 45.1 Å². The first-order valence-corrected chi connectivity index (χ1v) is 7.54. The van der Waals surface area contributed by atoms with E-state index < -0.39 is 0 Å². The van der Waals surface area contributed by atoms with E-state index in [1.165, 1.54) is 19.3 Å². The highest BCUT2D eigenvalue weighted by Gasteiger charge is 2.35. The Hall–Kier alpha value is -0.410. The maximum atomic E-state index is 12.7. The van der Waals surface area contributed by atoms with Gasteiger partial charge in [0.1, 0.15) is 0 Å². The zero-order valence-electron chi connectivity index (χ0n) is 12.2. The summed E-state index contributed by atoms with van der Waals surface area (Å²) in [5, 5.41) is 0. The molecule has 2 rings (SSSR count). The molecule has 3 heteroatoms. The van der Waals surface area contributed by atoms with Gasteiger partial charge in [-0.05, 0) is 32.9 Å². The zero-order chi connectivity index (χ0) is 13.1. The molecule has 3 atom stereocenters. The van der Waals surface area contributed by atoms with E-state index in [1.54, 1.807) is 0 Å². The molecule has 2 fully saturated rings. The minimum Gasteiger partial charge on any atom is -0.303 e. The molecule has 0 N–H and O–H groups in total. The lowest BCUT2D eigenvalue weighted by atomic mass is 9.76. The predicted octanol–water partition coefficient (Wildman–Crippen LogP) is 2.02. The fourth-order valence-electron chi connectivity index (χ4n) is 3.51. The molecule has 3 unspecified atom stereocenters. The summed E-state index contributed by atoms with van der Waals surface area (Å²) in [5.41, 5.74) is 0. The number of likely N-dealkylation sites (N-methyl/N-ethyl adjacent to an activating group) is 2. The normalized spacial score (nSPS) is 35.6. The summed E-state index contributed by atoms with van der Waals surface area (Å²) in [6, 6.07) is 0.143. The van der Waals surface area contributed by atoms with E-state index in [-0.39, 0.29) is 6.04 Å². The van der Waals surface area contributed by atoms with Gasteiger partial charge in [0.2, 0.25) is 0 Å². The van der Waals surface area contributed by atoms with Crippen LogP contribution in [0.25, 0.3) is 0 Å². The lowest BCUT2D eigenvalue weighted by molar-refractivity contribution is -0.131. The predicted molar refractivity (Wildman–Crippen MR) is 74.7 cm³/mol. The van der Waals surface area contributed by atoms with E-state index in [4.69, 9.17) is 0 Å². The molecule has 0 radical (unpaired) electrons. The smallest absolute Gasteiger partial charge is 0.154 e. The molecule has 1 aliphatic carbocycles. The minimum atomic E-state index is 0.143. The van der Waals surface area contributed by atoms with Crippen LogP contribution in [-0.4, -0.2) is 55.4 Å². The van der Waals surface area contributed by atoms with Gasteiger partial charge in [0.05, 0.1) is 6.04 Å². The van der Waals surface area contributed by atoms with Crippen molar-refractivity contribution in [1.29, 1.82) is 0 Å². The third kappa shape index (κ3) is 3.12. The summed E-state index contributed by atoms with van der Waals surface area (Å²) in [6.45, 7) is 5.29. The summed E-state index contributed by atoms with van der Waals surface area (Å²) in [4.78, 5) is 17.3. The number of rotatable bonds is 3. The Morgan fingerprint density at radius 2 is 2.00 bits per heavy atom. The number of nitrogens with zero attached hydrogens (tertiary/aromatic N) is 2. The fourth-order valence-corrected chi connectivity index (χ4v) is 3.51. The minimum absolute atomic E-state index is 0.143. The molecule has 0 spiro atoms. The SMILES string of the molecule is CCC1CCCC(C(=O)C2CN(C)CCN2C)C1. The largest absolute Gasteiger partial charge is 0.303 e. The molecule has 1 aliphatic heterocycles. The highest BCUT2D eigenvalue weighted by Crippen LogP contribution is 2.32. The zero-order valence-corrected chi connectivity index (χ0v) is 12.2. The number of piperazine rings is 1. The van der Waals surface area contributed by atoms with Crippen molar-refractivity contribution in [2.24, 2.45) is 11.8 Å². The average Bonchev–Trinajstić information content (AvgIpc) is 2.41. The highest BCUT2D eigenvalue weighted by molar-refractivity contribution is 5.86. The van der Waals surface area contributed by atoms with Crippen molar-refractivity contribution in [1.82, 2.24) is 9.80 Å². The molecular formula is C15H28N2O. The number of Topliss-reactive ketones (excluding diaryl/α,β-unsaturated/α-hetero) is 1. The first-order chi connectivity index (χ1) is 8.61. The van der Waals surface area contributed by atoms with Crippen LogP contribution < -0.4 is 0 Å². The lowest BCUT2D eigenvalue weighted by Crippen LogP contribution is -2.55. The van der Waals surface area contributed by atoms with Crippen molar-refractivity contribution < 1.29 is 4.79 Å². The molecule has 0 aromatic heterocycles. The maximum absolute atomic E-state index is 12.7. The topological polar surface area (TPSA) is 23.6 Å². The van der Waals surface area contributed by atoms with Crippen LogP contribution in [0.15, 0.2) is 0 Å². The van der Waals surface area contributed by atoms with Crippen LogP contribution in [0.1, 0.15) is 39.0 Å². The molecule has 3 nitrogen and oxygen atoms in total. The Bertz CT molecular complexity index is 292. The molecule has 104 valence electrons. The van der Waals surface area contributed by atoms with Crippen LogP contribution in [0.3, 0.4) is 0 Å². The molecule has 0 amide bonds. The van der Waals surface area contributed by atoms with Gasteiger partial charge in [-0.25, -0.2) is 0 Å². The average molecular weight is 252 g/mol. The number of ketones is 1. The molecular weight excluding hydrogens is 224 g/mol. The van der Waals surface area contributed by atoms with Gasteiger partial charge in [0.25, 0.3) is 0 Å². The van der Waals surface area contributed by atoms with Gasteiger partial charge >= 0.3 is 0 Å². The van der Waals surface area contributed by atoms with Crippen molar-refractivity contribution in [3.05, 3.63) is 0 Å².